The highest BCUT2D eigenvalue weighted by atomic mass is 16.5. The number of nitrogens with one attached hydrogen (secondary N) is 2. The molecule has 0 radical (unpaired) electrons. The number of carbonyl (C=O) groups excluding carboxylic acids is 3. The van der Waals surface area contributed by atoms with E-state index in [9.17, 15) is 19.5 Å². The zero-order chi connectivity index (χ0) is 25.0. The number of ether oxygens (including phenoxy) is 1. The van der Waals surface area contributed by atoms with Gasteiger partial charge in [-0.3, -0.25) is 9.59 Å². The average molecular weight is 475 g/mol. The summed E-state index contributed by atoms with van der Waals surface area (Å²) in [5, 5.41) is 15.6. The molecule has 1 heterocycles. The third-order valence-corrected chi connectivity index (χ3v) is 6.34. The van der Waals surface area contributed by atoms with Gasteiger partial charge < -0.3 is 30.3 Å². The van der Waals surface area contributed by atoms with Gasteiger partial charge in [0.25, 0.3) is 0 Å². The number of hydrogen-bond acceptors (Lipinski definition) is 5. The Labute approximate surface area is 201 Å². The largest absolute Gasteiger partial charge is 0.488 e. The highest BCUT2D eigenvalue weighted by Crippen LogP contribution is 2.32. The first-order valence-corrected chi connectivity index (χ1v) is 12.1. The van der Waals surface area contributed by atoms with Crippen LogP contribution in [0.5, 0.6) is 5.75 Å². The maximum absolute atomic E-state index is 13.2. The van der Waals surface area contributed by atoms with Crippen LogP contribution in [0.4, 0.5) is 10.5 Å². The predicted molar refractivity (Wildman–Crippen MR) is 130 cm³/mol. The van der Waals surface area contributed by atoms with E-state index in [2.05, 4.69) is 10.6 Å². The summed E-state index contributed by atoms with van der Waals surface area (Å²) < 4.78 is 6.41. The molecule has 1 aliphatic heterocycles. The van der Waals surface area contributed by atoms with E-state index in [4.69, 9.17) is 4.74 Å². The van der Waals surface area contributed by atoms with E-state index < -0.39 is 0 Å². The van der Waals surface area contributed by atoms with Crippen molar-refractivity contribution in [3.8, 4) is 5.75 Å². The number of carbonyl (C=O) groups is 3. The molecule has 2 aliphatic rings. The number of likely N-dealkylation sites (N-methyl/N-ethyl adjacent to an activating group) is 1. The quantitative estimate of drug-likeness (QED) is 0.561. The second-order valence-electron chi connectivity index (χ2n) is 9.96. The molecule has 1 saturated carbocycles. The molecule has 1 aliphatic carbocycles. The number of aliphatic hydroxyl groups is 1. The first-order chi connectivity index (χ1) is 16.1. The summed E-state index contributed by atoms with van der Waals surface area (Å²) in [6.45, 7) is 8.18. The molecular formula is C25H38N4O5. The minimum Gasteiger partial charge on any atom is -0.488 e. The number of benzene rings is 1. The second kappa shape index (κ2) is 11.1. The van der Waals surface area contributed by atoms with Crippen LogP contribution in [0.1, 0.15) is 46.1 Å². The normalized spacial score (nSPS) is 21.5. The lowest BCUT2D eigenvalue weighted by Crippen LogP contribution is -2.49. The lowest BCUT2D eigenvalue weighted by Gasteiger charge is -2.34. The number of urea groups is 1. The fraction of sp³-hybridized carbons (Fsp3) is 0.640. The molecule has 1 aromatic rings. The fourth-order valence-electron chi connectivity index (χ4n) is 4.03. The van der Waals surface area contributed by atoms with E-state index in [0.717, 1.165) is 12.8 Å². The SMILES string of the molecule is CC(C)NC(=O)N(C)C[C@H]1Oc2ccc(NC(=O)C3CC3)cc2CC(=O)N([C@H](C)CO)C[C@H]1C. The number of fused-ring (bicyclic) bond motifs is 1. The Balaban J connectivity index is 1.89. The van der Waals surface area contributed by atoms with Crippen molar-refractivity contribution in [1.82, 2.24) is 15.1 Å². The van der Waals surface area contributed by atoms with Crippen LogP contribution in [0.15, 0.2) is 18.2 Å². The monoisotopic (exact) mass is 474 g/mol. The summed E-state index contributed by atoms with van der Waals surface area (Å²) in [6.07, 6.45) is 1.52. The molecule has 0 bridgehead atoms. The van der Waals surface area contributed by atoms with Gasteiger partial charge in [-0.1, -0.05) is 6.92 Å². The smallest absolute Gasteiger partial charge is 0.317 e. The molecule has 3 atom stereocenters. The van der Waals surface area contributed by atoms with Crippen molar-refractivity contribution in [2.24, 2.45) is 11.8 Å². The van der Waals surface area contributed by atoms with E-state index in [1.807, 2.05) is 27.7 Å². The minimum atomic E-state index is -0.382. The topological polar surface area (TPSA) is 111 Å². The molecule has 0 aromatic heterocycles. The van der Waals surface area contributed by atoms with E-state index in [1.54, 1.807) is 35.0 Å². The minimum absolute atomic E-state index is 0.00456. The molecule has 3 N–H and O–H groups in total. The number of anilines is 1. The highest BCUT2D eigenvalue weighted by Gasteiger charge is 2.33. The van der Waals surface area contributed by atoms with Crippen LogP contribution >= 0.6 is 0 Å². The Kier molecular flexibility index (Phi) is 8.41. The maximum Gasteiger partial charge on any atom is 0.317 e. The van der Waals surface area contributed by atoms with E-state index in [0.29, 0.717) is 30.1 Å². The average Bonchev–Trinajstić information content (AvgIpc) is 3.62. The van der Waals surface area contributed by atoms with Crippen molar-refractivity contribution in [3.63, 3.8) is 0 Å². The molecule has 1 aromatic carbocycles. The molecule has 3 rings (SSSR count). The van der Waals surface area contributed by atoms with E-state index in [1.165, 1.54) is 0 Å². The van der Waals surface area contributed by atoms with Gasteiger partial charge in [-0.05, 0) is 51.8 Å². The van der Waals surface area contributed by atoms with Crippen LogP contribution in [0.3, 0.4) is 0 Å². The Hall–Kier alpha value is -2.81. The summed E-state index contributed by atoms with van der Waals surface area (Å²) in [4.78, 5) is 41.2. The van der Waals surface area contributed by atoms with Gasteiger partial charge in [-0.25, -0.2) is 4.79 Å². The second-order valence-corrected chi connectivity index (χ2v) is 9.96. The highest BCUT2D eigenvalue weighted by molar-refractivity contribution is 5.94. The van der Waals surface area contributed by atoms with E-state index >= 15 is 0 Å². The Morgan fingerprint density at radius 3 is 2.59 bits per heavy atom. The zero-order valence-corrected chi connectivity index (χ0v) is 20.8. The van der Waals surface area contributed by atoms with Gasteiger partial charge in [0.1, 0.15) is 11.9 Å². The van der Waals surface area contributed by atoms with Crippen molar-refractivity contribution in [2.45, 2.75) is 65.1 Å². The molecule has 9 heteroatoms. The number of rotatable bonds is 7. The Morgan fingerprint density at radius 2 is 1.97 bits per heavy atom. The van der Waals surface area contributed by atoms with Crippen molar-refractivity contribution < 1.29 is 24.2 Å². The molecule has 0 unspecified atom stereocenters. The third-order valence-electron chi connectivity index (χ3n) is 6.34. The lowest BCUT2D eigenvalue weighted by atomic mass is 10.0. The van der Waals surface area contributed by atoms with Crippen molar-refractivity contribution in [1.29, 1.82) is 0 Å². The van der Waals surface area contributed by atoms with Crippen LogP contribution in [-0.4, -0.2) is 77.7 Å². The molecule has 34 heavy (non-hydrogen) atoms. The van der Waals surface area contributed by atoms with Gasteiger partial charge in [0.2, 0.25) is 11.8 Å². The van der Waals surface area contributed by atoms with Gasteiger partial charge in [0.15, 0.2) is 0 Å². The first-order valence-electron chi connectivity index (χ1n) is 12.1. The number of nitrogens with zero attached hydrogens (tertiary/aromatic N) is 2. The van der Waals surface area contributed by atoms with E-state index in [-0.39, 0.29) is 60.9 Å². The fourth-order valence-corrected chi connectivity index (χ4v) is 4.03. The van der Waals surface area contributed by atoms with Gasteiger partial charge in [0.05, 0.1) is 25.6 Å². The van der Waals surface area contributed by atoms with Gasteiger partial charge >= 0.3 is 6.03 Å². The number of aliphatic hydroxyl groups excluding tert-OH is 1. The summed E-state index contributed by atoms with van der Waals surface area (Å²) in [7, 11) is 1.72. The number of hydrogen-bond donors (Lipinski definition) is 3. The molecule has 188 valence electrons. The standard InChI is InChI=1S/C25H38N4O5/c1-15(2)26-25(33)28(5)13-22-16(3)12-29(17(4)14-30)23(31)11-19-10-20(8-9-21(19)34-22)27-24(32)18-6-7-18/h8-10,15-18,22,30H,6-7,11-14H2,1-5H3,(H,26,33)(H,27,32)/t16-,17-,22-/m1/s1. The van der Waals surface area contributed by atoms with Crippen LogP contribution in [-0.2, 0) is 16.0 Å². The van der Waals surface area contributed by atoms with Crippen molar-refractivity contribution in [3.05, 3.63) is 23.8 Å². The lowest BCUT2D eigenvalue weighted by molar-refractivity contribution is -0.134. The van der Waals surface area contributed by atoms with Gasteiger partial charge in [-0.2, -0.15) is 0 Å². The molecule has 0 saturated heterocycles. The van der Waals surface area contributed by atoms with Crippen LogP contribution in [0, 0.1) is 11.8 Å². The molecule has 0 spiro atoms. The summed E-state index contributed by atoms with van der Waals surface area (Å²) >= 11 is 0. The molecule has 4 amide bonds. The number of amides is 4. The van der Waals surface area contributed by atoms with Gasteiger partial charge in [0, 0.05) is 42.7 Å². The van der Waals surface area contributed by atoms with Crippen LogP contribution in [0.25, 0.3) is 0 Å². The Bertz CT molecular complexity index is 901. The maximum atomic E-state index is 13.2. The molecular weight excluding hydrogens is 436 g/mol. The summed E-state index contributed by atoms with van der Waals surface area (Å²) in [5.74, 6) is 0.408. The first kappa shape index (κ1) is 25.8. The summed E-state index contributed by atoms with van der Waals surface area (Å²) in [5.41, 5.74) is 1.30. The molecule has 9 nitrogen and oxygen atoms in total. The van der Waals surface area contributed by atoms with Crippen LogP contribution < -0.4 is 15.4 Å². The van der Waals surface area contributed by atoms with Crippen molar-refractivity contribution in [2.75, 3.05) is 32.1 Å². The third kappa shape index (κ3) is 6.62. The summed E-state index contributed by atoms with van der Waals surface area (Å²) in [6, 6.07) is 4.82. The molecule has 1 fully saturated rings. The predicted octanol–water partition coefficient (Wildman–Crippen LogP) is 2.23. The van der Waals surface area contributed by atoms with Gasteiger partial charge in [-0.15, -0.1) is 0 Å². The van der Waals surface area contributed by atoms with Crippen LogP contribution in [0.2, 0.25) is 0 Å². The van der Waals surface area contributed by atoms with Crippen molar-refractivity contribution >= 4 is 23.5 Å². The Morgan fingerprint density at radius 1 is 1.26 bits per heavy atom. The zero-order valence-electron chi connectivity index (χ0n) is 20.8.